The van der Waals surface area contributed by atoms with Crippen LogP contribution < -0.4 is 10.2 Å². The zero-order valence-corrected chi connectivity index (χ0v) is 18.8. The molecule has 0 atom stereocenters. The predicted molar refractivity (Wildman–Crippen MR) is 125 cm³/mol. The SMILES string of the molecule is CCOC(=O)C1CCN(C(=O)CNc2cccc(C(=O)N(CC)c3ccccc3)c2)CC1. The maximum absolute atomic E-state index is 13.0. The van der Waals surface area contributed by atoms with Gasteiger partial charge in [0.1, 0.15) is 0 Å². The first kappa shape index (κ1) is 23.3. The molecule has 2 aromatic carbocycles. The van der Waals surface area contributed by atoms with Gasteiger partial charge >= 0.3 is 5.97 Å². The lowest BCUT2D eigenvalue weighted by Gasteiger charge is -2.31. The van der Waals surface area contributed by atoms with Crippen molar-refractivity contribution in [3.05, 3.63) is 60.2 Å². The van der Waals surface area contributed by atoms with Crippen LogP contribution in [0.1, 0.15) is 37.0 Å². The molecule has 1 fully saturated rings. The van der Waals surface area contributed by atoms with Crippen molar-refractivity contribution >= 4 is 29.2 Å². The minimum absolute atomic E-state index is 0.0245. The van der Waals surface area contributed by atoms with Crippen molar-refractivity contribution in [2.24, 2.45) is 5.92 Å². The standard InChI is InChI=1S/C25H31N3O4/c1-3-28(22-11-6-5-7-12-22)24(30)20-9-8-10-21(17-20)26-18-23(29)27-15-13-19(14-16-27)25(31)32-4-2/h5-12,17,19,26H,3-4,13-16,18H2,1-2H3. The van der Waals surface area contributed by atoms with Gasteiger partial charge in [-0.05, 0) is 57.0 Å². The molecule has 2 aromatic rings. The minimum atomic E-state index is -0.171. The van der Waals surface area contributed by atoms with Crippen LogP contribution in [0.4, 0.5) is 11.4 Å². The molecule has 1 aliphatic heterocycles. The number of likely N-dealkylation sites (tertiary alicyclic amines) is 1. The summed E-state index contributed by atoms with van der Waals surface area (Å²) < 4.78 is 5.08. The van der Waals surface area contributed by atoms with Crippen LogP contribution in [0.15, 0.2) is 54.6 Å². The van der Waals surface area contributed by atoms with E-state index in [-0.39, 0.29) is 30.2 Å². The number of hydrogen-bond donors (Lipinski definition) is 1. The first-order valence-electron chi connectivity index (χ1n) is 11.2. The molecule has 2 amide bonds. The number of ether oxygens (including phenoxy) is 1. The Balaban J connectivity index is 1.55. The van der Waals surface area contributed by atoms with Crippen LogP contribution in [0.2, 0.25) is 0 Å². The smallest absolute Gasteiger partial charge is 0.309 e. The van der Waals surface area contributed by atoms with Gasteiger partial charge in [-0.15, -0.1) is 0 Å². The molecule has 0 unspecified atom stereocenters. The summed E-state index contributed by atoms with van der Waals surface area (Å²) in [4.78, 5) is 41.0. The third-order valence-electron chi connectivity index (χ3n) is 5.65. The van der Waals surface area contributed by atoms with E-state index >= 15 is 0 Å². The second-order valence-corrected chi connectivity index (χ2v) is 7.73. The zero-order chi connectivity index (χ0) is 22.9. The van der Waals surface area contributed by atoms with Gasteiger partial charge in [0.15, 0.2) is 0 Å². The van der Waals surface area contributed by atoms with Gasteiger partial charge in [0.2, 0.25) is 5.91 Å². The van der Waals surface area contributed by atoms with E-state index in [0.717, 1.165) is 11.4 Å². The number of hydrogen-bond acceptors (Lipinski definition) is 5. The molecule has 3 rings (SSSR count). The van der Waals surface area contributed by atoms with Gasteiger partial charge in [0.25, 0.3) is 5.91 Å². The summed E-state index contributed by atoms with van der Waals surface area (Å²) in [6, 6.07) is 16.8. The van der Waals surface area contributed by atoms with Crippen LogP contribution in [0.5, 0.6) is 0 Å². The van der Waals surface area contributed by atoms with Crippen molar-refractivity contribution in [1.29, 1.82) is 0 Å². The fraction of sp³-hybridized carbons (Fsp3) is 0.400. The fourth-order valence-corrected chi connectivity index (χ4v) is 3.88. The van der Waals surface area contributed by atoms with Crippen LogP contribution >= 0.6 is 0 Å². The molecular weight excluding hydrogens is 406 g/mol. The summed E-state index contributed by atoms with van der Waals surface area (Å²) in [6.07, 6.45) is 1.25. The Kier molecular flexibility index (Phi) is 8.25. The topological polar surface area (TPSA) is 79.0 Å². The van der Waals surface area contributed by atoms with Gasteiger partial charge in [0, 0.05) is 36.6 Å². The van der Waals surface area contributed by atoms with E-state index in [1.54, 1.807) is 28.9 Å². The number of carbonyl (C=O) groups is 3. The minimum Gasteiger partial charge on any atom is -0.466 e. The molecule has 32 heavy (non-hydrogen) atoms. The molecule has 0 aliphatic carbocycles. The molecule has 1 N–H and O–H groups in total. The maximum Gasteiger partial charge on any atom is 0.309 e. The van der Waals surface area contributed by atoms with Crippen molar-refractivity contribution in [2.45, 2.75) is 26.7 Å². The lowest BCUT2D eigenvalue weighted by atomic mass is 9.97. The van der Waals surface area contributed by atoms with Crippen molar-refractivity contribution in [3.8, 4) is 0 Å². The summed E-state index contributed by atoms with van der Waals surface area (Å²) in [5.41, 5.74) is 2.12. The number of amides is 2. The molecule has 0 bridgehead atoms. The molecule has 170 valence electrons. The monoisotopic (exact) mass is 437 g/mol. The number of nitrogens with one attached hydrogen (secondary N) is 1. The van der Waals surface area contributed by atoms with Gasteiger partial charge in [-0.3, -0.25) is 14.4 Å². The molecule has 0 radical (unpaired) electrons. The van der Waals surface area contributed by atoms with E-state index in [1.165, 1.54) is 0 Å². The molecule has 7 nitrogen and oxygen atoms in total. The Hall–Kier alpha value is -3.35. The van der Waals surface area contributed by atoms with Crippen molar-refractivity contribution in [3.63, 3.8) is 0 Å². The lowest BCUT2D eigenvalue weighted by molar-refractivity contribution is -0.151. The normalized spacial score (nSPS) is 14.0. The second-order valence-electron chi connectivity index (χ2n) is 7.73. The first-order valence-corrected chi connectivity index (χ1v) is 11.2. The van der Waals surface area contributed by atoms with Gasteiger partial charge in [-0.25, -0.2) is 0 Å². The molecule has 1 saturated heterocycles. The summed E-state index contributed by atoms with van der Waals surface area (Å²) in [5, 5.41) is 3.13. The van der Waals surface area contributed by atoms with Crippen molar-refractivity contribution in [2.75, 3.05) is 43.0 Å². The van der Waals surface area contributed by atoms with E-state index in [0.29, 0.717) is 44.6 Å². The van der Waals surface area contributed by atoms with Crippen LogP contribution in [-0.4, -0.2) is 55.5 Å². The Morgan fingerprint density at radius 1 is 1.03 bits per heavy atom. The van der Waals surface area contributed by atoms with Crippen LogP contribution in [0.25, 0.3) is 0 Å². The van der Waals surface area contributed by atoms with Crippen LogP contribution in [0.3, 0.4) is 0 Å². The summed E-state index contributed by atoms with van der Waals surface area (Å²) >= 11 is 0. The number of nitrogens with zero attached hydrogens (tertiary/aromatic N) is 2. The maximum atomic E-state index is 13.0. The summed E-state index contributed by atoms with van der Waals surface area (Å²) in [5.74, 6) is -0.408. The van der Waals surface area contributed by atoms with Gasteiger partial charge < -0.3 is 19.9 Å². The number of esters is 1. The van der Waals surface area contributed by atoms with Crippen molar-refractivity contribution < 1.29 is 19.1 Å². The molecule has 1 heterocycles. The highest BCUT2D eigenvalue weighted by Gasteiger charge is 2.28. The highest BCUT2D eigenvalue weighted by molar-refractivity contribution is 6.06. The van der Waals surface area contributed by atoms with E-state index in [9.17, 15) is 14.4 Å². The van der Waals surface area contributed by atoms with Gasteiger partial charge in [-0.1, -0.05) is 24.3 Å². The average Bonchev–Trinajstić information content (AvgIpc) is 2.84. The number of rotatable bonds is 8. The summed E-state index contributed by atoms with van der Waals surface area (Å²) in [6.45, 7) is 5.91. The van der Waals surface area contributed by atoms with Crippen molar-refractivity contribution in [1.82, 2.24) is 4.90 Å². The van der Waals surface area contributed by atoms with E-state index in [2.05, 4.69) is 5.32 Å². The second kappa shape index (κ2) is 11.3. The molecule has 7 heteroatoms. The molecule has 1 aliphatic rings. The van der Waals surface area contributed by atoms with Crippen LogP contribution in [-0.2, 0) is 14.3 Å². The first-order chi connectivity index (χ1) is 15.5. The van der Waals surface area contributed by atoms with Crippen LogP contribution in [0, 0.1) is 5.92 Å². The highest BCUT2D eigenvalue weighted by Crippen LogP contribution is 2.20. The Bertz CT molecular complexity index is 924. The number of para-hydroxylation sites is 1. The predicted octanol–water partition coefficient (Wildman–Crippen LogP) is 3.57. The number of anilines is 2. The lowest BCUT2D eigenvalue weighted by Crippen LogP contribution is -2.43. The van der Waals surface area contributed by atoms with Gasteiger partial charge in [-0.2, -0.15) is 0 Å². The Morgan fingerprint density at radius 2 is 1.75 bits per heavy atom. The molecule has 0 spiro atoms. The Labute approximate surface area is 189 Å². The number of piperidine rings is 1. The van der Waals surface area contributed by atoms with E-state index in [4.69, 9.17) is 4.74 Å². The fourth-order valence-electron chi connectivity index (χ4n) is 3.88. The molecular formula is C25H31N3O4. The summed E-state index contributed by atoms with van der Waals surface area (Å²) in [7, 11) is 0. The molecule has 0 aromatic heterocycles. The largest absolute Gasteiger partial charge is 0.466 e. The zero-order valence-electron chi connectivity index (χ0n) is 18.8. The van der Waals surface area contributed by atoms with E-state index < -0.39 is 0 Å². The Morgan fingerprint density at radius 3 is 2.41 bits per heavy atom. The number of benzene rings is 2. The number of carbonyl (C=O) groups excluding carboxylic acids is 3. The highest BCUT2D eigenvalue weighted by atomic mass is 16.5. The quantitative estimate of drug-likeness (QED) is 0.639. The van der Waals surface area contributed by atoms with Gasteiger partial charge in [0.05, 0.1) is 19.1 Å². The molecule has 0 saturated carbocycles. The third kappa shape index (κ3) is 5.87. The third-order valence-corrected chi connectivity index (χ3v) is 5.65. The van der Waals surface area contributed by atoms with E-state index in [1.807, 2.05) is 49.4 Å². The average molecular weight is 438 g/mol.